The number of nitrogens with one attached hydrogen (secondary N) is 1. The normalized spacial score (nSPS) is 11.0. The smallest absolute Gasteiger partial charge is 0.197 e. The molecule has 3 aromatic rings. The SMILES string of the molecule is O=c1c2ccccc2[nH]c2cc(O)ccc12. The summed E-state index contributed by atoms with van der Waals surface area (Å²) in [6, 6.07) is 12.1. The van der Waals surface area contributed by atoms with Crippen LogP contribution < -0.4 is 5.43 Å². The molecule has 3 heteroatoms. The fourth-order valence-electron chi connectivity index (χ4n) is 1.91. The number of aromatic hydroxyl groups is 1. The molecule has 1 aromatic heterocycles. The molecule has 0 unspecified atom stereocenters. The van der Waals surface area contributed by atoms with Crippen LogP contribution in [0.2, 0.25) is 0 Å². The molecule has 16 heavy (non-hydrogen) atoms. The number of rotatable bonds is 0. The van der Waals surface area contributed by atoms with E-state index >= 15 is 0 Å². The van der Waals surface area contributed by atoms with Crippen molar-refractivity contribution in [2.45, 2.75) is 0 Å². The molecule has 0 saturated heterocycles. The van der Waals surface area contributed by atoms with Gasteiger partial charge in [-0.3, -0.25) is 4.79 Å². The summed E-state index contributed by atoms with van der Waals surface area (Å²) >= 11 is 0. The third-order valence-electron chi connectivity index (χ3n) is 2.69. The summed E-state index contributed by atoms with van der Waals surface area (Å²) in [4.78, 5) is 15.2. The second-order valence-corrected chi connectivity index (χ2v) is 3.73. The Morgan fingerprint density at radius 3 is 2.56 bits per heavy atom. The molecule has 0 amide bonds. The number of aromatic nitrogens is 1. The lowest BCUT2D eigenvalue weighted by Gasteiger charge is -2.02. The number of phenols is 1. The molecule has 0 aliphatic rings. The number of hydrogen-bond acceptors (Lipinski definition) is 2. The van der Waals surface area contributed by atoms with E-state index < -0.39 is 0 Å². The molecule has 0 aliphatic heterocycles. The maximum atomic E-state index is 12.1. The second kappa shape index (κ2) is 3.10. The first kappa shape index (κ1) is 8.97. The average molecular weight is 211 g/mol. The molecule has 0 spiro atoms. The Morgan fingerprint density at radius 1 is 0.938 bits per heavy atom. The van der Waals surface area contributed by atoms with Gasteiger partial charge in [-0.1, -0.05) is 12.1 Å². The van der Waals surface area contributed by atoms with Crippen molar-refractivity contribution in [1.29, 1.82) is 0 Å². The van der Waals surface area contributed by atoms with Crippen molar-refractivity contribution >= 4 is 21.8 Å². The Kier molecular flexibility index (Phi) is 1.74. The van der Waals surface area contributed by atoms with Crippen LogP contribution in [-0.4, -0.2) is 10.1 Å². The first-order valence-corrected chi connectivity index (χ1v) is 4.99. The number of fused-ring (bicyclic) bond motifs is 2. The summed E-state index contributed by atoms with van der Waals surface area (Å²) in [6.45, 7) is 0. The van der Waals surface area contributed by atoms with Gasteiger partial charge in [-0.2, -0.15) is 0 Å². The summed E-state index contributed by atoms with van der Waals surface area (Å²) in [7, 11) is 0. The van der Waals surface area contributed by atoms with Gasteiger partial charge >= 0.3 is 0 Å². The van der Waals surface area contributed by atoms with Gasteiger partial charge in [-0.15, -0.1) is 0 Å². The quantitative estimate of drug-likeness (QED) is 0.561. The molecule has 2 aromatic carbocycles. The minimum Gasteiger partial charge on any atom is -0.508 e. The van der Waals surface area contributed by atoms with Crippen LogP contribution >= 0.6 is 0 Å². The molecule has 0 atom stereocenters. The van der Waals surface area contributed by atoms with Crippen molar-refractivity contribution in [3.8, 4) is 5.75 Å². The van der Waals surface area contributed by atoms with E-state index in [1.807, 2.05) is 18.2 Å². The van der Waals surface area contributed by atoms with E-state index in [0.717, 1.165) is 5.52 Å². The van der Waals surface area contributed by atoms with Crippen molar-refractivity contribution in [3.05, 3.63) is 52.7 Å². The molecule has 3 rings (SSSR count). The fourth-order valence-corrected chi connectivity index (χ4v) is 1.91. The predicted octanol–water partition coefficient (Wildman–Crippen LogP) is 2.39. The zero-order valence-electron chi connectivity index (χ0n) is 8.40. The molecule has 3 nitrogen and oxygen atoms in total. The van der Waals surface area contributed by atoms with Gasteiger partial charge in [-0.25, -0.2) is 0 Å². The summed E-state index contributed by atoms with van der Waals surface area (Å²) < 4.78 is 0. The summed E-state index contributed by atoms with van der Waals surface area (Å²) in [5.41, 5.74) is 1.43. The van der Waals surface area contributed by atoms with Crippen LogP contribution in [0.4, 0.5) is 0 Å². The molecule has 0 aliphatic carbocycles. The van der Waals surface area contributed by atoms with Crippen molar-refractivity contribution in [2.75, 3.05) is 0 Å². The maximum absolute atomic E-state index is 12.1. The van der Waals surface area contributed by atoms with Gasteiger partial charge in [0.15, 0.2) is 5.43 Å². The first-order chi connectivity index (χ1) is 7.75. The highest BCUT2D eigenvalue weighted by Gasteiger charge is 2.04. The topological polar surface area (TPSA) is 53.1 Å². The molecule has 2 N–H and O–H groups in total. The lowest BCUT2D eigenvalue weighted by Crippen LogP contribution is -2.03. The lowest BCUT2D eigenvalue weighted by molar-refractivity contribution is 0.476. The third kappa shape index (κ3) is 1.18. The van der Waals surface area contributed by atoms with Crippen molar-refractivity contribution < 1.29 is 5.11 Å². The minimum absolute atomic E-state index is 0.00986. The number of aromatic amines is 1. The van der Waals surface area contributed by atoms with Crippen LogP contribution in [0.5, 0.6) is 5.75 Å². The summed E-state index contributed by atoms with van der Waals surface area (Å²) in [5, 5.41) is 10.6. The zero-order chi connectivity index (χ0) is 11.1. The fraction of sp³-hybridized carbons (Fsp3) is 0. The van der Waals surface area contributed by atoms with E-state index in [0.29, 0.717) is 16.3 Å². The van der Waals surface area contributed by atoms with Crippen LogP contribution in [0.3, 0.4) is 0 Å². The number of H-pyrrole nitrogens is 1. The Bertz CT molecular complexity index is 744. The van der Waals surface area contributed by atoms with Gasteiger partial charge in [-0.05, 0) is 24.3 Å². The zero-order valence-corrected chi connectivity index (χ0v) is 8.40. The molecule has 0 bridgehead atoms. The van der Waals surface area contributed by atoms with Crippen molar-refractivity contribution in [3.63, 3.8) is 0 Å². The van der Waals surface area contributed by atoms with Crippen molar-refractivity contribution in [1.82, 2.24) is 4.98 Å². The maximum Gasteiger partial charge on any atom is 0.197 e. The lowest BCUT2D eigenvalue weighted by atomic mass is 10.1. The number of phenolic OH excluding ortho intramolecular Hbond substituents is 1. The molecule has 0 radical (unpaired) electrons. The second-order valence-electron chi connectivity index (χ2n) is 3.73. The highest BCUT2D eigenvalue weighted by molar-refractivity contribution is 5.92. The standard InChI is InChI=1S/C13H9NO2/c15-8-5-6-10-12(7-8)14-11-4-2-1-3-9(11)13(10)16/h1-7,15H,(H,14,16). The Morgan fingerprint density at radius 2 is 1.69 bits per heavy atom. The number of benzene rings is 2. The molecule has 0 fully saturated rings. The molecule has 1 heterocycles. The average Bonchev–Trinajstić information content (AvgIpc) is 2.29. The third-order valence-corrected chi connectivity index (χ3v) is 2.69. The van der Waals surface area contributed by atoms with Crippen LogP contribution in [0.15, 0.2) is 47.3 Å². The monoisotopic (exact) mass is 211 g/mol. The van der Waals surface area contributed by atoms with E-state index in [1.54, 1.807) is 18.2 Å². The largest absolute Gasteiger partial charge is 0.508 e. The predicted molar refractivity (Wildman–Crippen MR) is 63.7 cm³/mol. The van der Waals surface area contributed by atoms with Crippen LogP contribution in [0, 0.1) is 0 Å². The Balaban J connectivity index is 2.61. The summed E-state index contributed by atoms with van der Waals surface area (Å²) in [6.07, 6.45) is 0. The van der Waals surface area contributed by atoms with Crippen LogP contribution in [0.25, 0.3) is 21.8 Å². The Labute approximate surface area is 91.0 Å². The number of hydrogen-bond donors (Lipinski definition) is 2. The van der Waals surface area contributed by atoms with E-state index in [9.17, 15) is 9.90 Å². The molecular weight excluding hydrogens is 202 g/mol. The highest BCUT2D eigenvalue weighted by Crippen LogP contribution is 2.18. The Hall–Kier alpha value is -2.29. The molecule has 78 valence electrons. The molecule has 0 saturated carbocycles. The van der Waals surface area contributed by atoms with Crippen LogP contribution in [0.1, 0.15) is 0 Å². The van der Waals surface area contributed by atoms with E-state index in [2.05, 4.69) is 4.98 Å². The summed E-state index contributed by atoms with van der Waals surface area (Å²) in [5.74, 6) is 0.151. The minimum atomic E-state index is -0.00986. The van der Waals surface area contributed by atoms with Gasteiger partial charge in [0.05, 0.1) is 5.52 Å². The molecular formula is C13H9NO2. The van der Waals surface area contributed by atoms with Crippen LogP contribution in [-0.2, 0) is 0 Å². The first-order valence-electron chi connectivity index (χ1n) is 4.99. The van der Waals surface area contributed by atoms with E-state index in [-0.39, 0.29) is 11.2 Å². The highest BCUT2D eigenvalue weighted by atomic mass is 16.3. The van der Waals surface area contributed by atoms with Gasteiger partial charge in [0.2, 0.25) is 0 Å². The van der Waals surface area contributed by atoms with E-state index in [1.165, 1.54) is 6.07 Å². The van der Waals surface area contributed by atoms with Gasteiger partial charge in [0.1, 0.15) is 5.75 Å². The number of pyridine rings is 1. The number of para-hydroxylation sites is 1. The van der Waals surface area contributed by atoms with Gasteiger partial charge < -0.3 is 10.1 Å². The van der Waals surface area contributed by atoms with Crippen molar-refractivity contribution in [2.24, 2.45) is 0 Å². The van der Waals surface area contributed by atoms with Gasteiger partial charge in [0.25, 0.3) is 0 Å². The van der Waals surface area contributed by atoms with E-state index in [4.69, 9.17) is 0 Å². The van der Waals surface area contributed by atoms with Gasteiger partial charge in [0, 0.05) is 22.4 Å².